The molecule has 1 rings (SSSR count). The zero-order valence-corrected chi connectivity index (χ0v) is 10.5. The van der Waals surface area contributed by atoms with E-state index in [0.717, 1.165) is 13.1 Å². The van der Waals surface area contributed by atoms with Crippen molar-refractivity contribution in [3.8, 4) is 0 Å². The van der Waals surface area contributed by atoms with Gasteiger partial charge >= 0.3 is 0 Å². The summed E-state index contributed by atoms with van der Waals surface area (Å²) in [7, 11) is 1.88. The van der Waals surface area contributed by atoms with Crippen LogP contribution in [0.2, 0.25) is 0 Å². The molecule has 3 nitrogen and oxygen atoms in total. The van der Waals surface area contributed by atoms with E-state index < -0.39 is 0 Å². The minimum atomic E-state index is 0.256. The van der Waals surface area contributed by atoms with Crippen LogP contribution < -0.4 is 0 Å². The van der Waals surface area contributed by atoms with Gasteiger partial charge in [-0.2, -0.15) is 0 Å². The van der Waals surface area contributed by atoms with Gasteiger partial charge in [0.2, 0.25) is 5.91 Å². The Hall–Kier alpha value is 0.160. The quantitative estimate of drug-likeness (QED) is 0.572. The normalized spacial score (nSPS) is 25.3. The zero-order chi connectivity index (χ0) is 9.84. The Kier molecular flexibility index (Phi) is 4.45. The van der Waals surface area contributed by atoms with Gasteiger partial charge in [-0.3, -0.25) is 9.69 Å². The van der Waals surface area contributed by atoms with Crippen LogP contribution in [0.4, 0.5) is 0 Å². The maximum Gasteiger partial charge on any atom is 0.236 e. The van der Waals surface area contributed by atoms with E-state index in [2.05, 4.69) is 34.4 Å². The molecule has 1 atom stereocenters. The highest BCUT2D eigenvalue weighted by molar-refractivity contribution is 14.1. The van der Waals surface area contributed by atoms with Crippen molar-refractivity contribution in [3.63, 3.8) is 0 Å². The maximum atomic E-state index is 11.4. The van der Waals surface area contributed by atoms with Gasteiger partial charge in [-0.15, -0.1) is 0 Å². The molecule has 0 bridgehead atoms. The molecule has 0 N–H and O–H groups in total. The Balaban J connectivity index is 2.41. The summed E-state index contributed by atoms with van der Waals surface area (Å²) in [6, 6.07) is 0.519. The molecule has 4 heteroatoms. The molecular formula is C9H17IN2O. The molecule has 1 unspecified atom stereocenters. The highest BCUT2D eigenvalue weighted by Gasteiger charge is 2.26. The van der Waals surface area contributed by atoms with E-state index in [1.807, 2.05) is 11.9 Å². The molecule has 1 aliphatic rings. The Morgan fingerprint density at radius 1 is 1.62 bits per heavy atom. The molecule has 0 aromatic carbocycles. The van der Waals surface area contributed by atoms with Crippen LogP contribution >= 0.6 is 22.6 Å². The standard InChI is InChI=1S/C9H17IN2O/c1-8-6-11(2)9(13)7-12(8)5-3-4-10/h8H,3-7H2,1-2H3. The average Bonchev–Trinajstić information content (AvgIpc) is 2.09. The Morgan fingerprint density at radius 3 is 2.92 bits per heavy atom. The zero-order valence-electron chi connectivity index (χ0n) is 8.29. The number of carbonyl (C=O) groups is 1. The number of hydrogen-bond donors (Lipinski definition) is 0. The number of hydrogen-bond acceptors (Lipinski definition) is 2. The second-order valence-corrected chi connectivity index (χ2v) is 4.72. The van der Waals surface area contributed by atoms with Gasteiger partial charge in [0.05, 0.1) is 6.54 Å². The van der Waals surface area contributed by atoms with Crippen molar-refractivity contribution in [2.45, 2.75) is 19.4 Å². The van der Waals surface area contributed by atoms with E-state index in [-0.39, 0.29) is 5.91 Å². The summed E-state index contributed by atoms with van der Waals surface area (Å²) in [6.07, 6.45) is 1.18. The van der Waals surface area contributed by atoms with Crippen molar-refractivity contribution in [2.75, 3.05) is 31.1 Å². The molecule has 1 fully saturated rings. The van der Waals surface area contributed by atoms with Crippen LogP contribution in [0, 0.1) is 0 Å². The largest absolute Gasteiger partial charge is 0.343 e. The van der Waals surface area contributed by atoms with E-state index in [4.69, 9.17) is 0 Å². The summed E-state index contributed by atoms with van der Waals surface area (Å²) in [5.74, 6) is 0.256. The van der Waals surface area contributed by atoms with Gasteiger partial charge in [0, 0.05) is 24.1 Å². The van der Waals surface area contributed by atoms with E-state index in [0.29, 0.717) is 12.6 Å². The van der Waals surface area contributed by atoms with E-state index in [9.17, 15) is 4.79 Å². The lowest BCUT2D eigenvalue weighted by molar-refractivity contribution is -0.136. The fourth-order valence-electron chi connectivity index (χ4n) is 1.63. The van der Waals surface area contributed by atoms with Crippen molar-refractivity contribution >= 4 is 28.5 Å². The predicted octanol–water partition coefficient (Wildman–Crippen LogP) is 0.974. The van der Waals surface area contributed by atoms with Gasteiger partial charge in [0.15, 0.2) is 0 Å². The number of halogens is 1. The van der Waals surface area contributed by atoms with Crippen LogP contribution in [-0.4, -0.2) is 52.9 Å². The first-order valence-corrected chi connectivity index (χ1v) is 6.21. The summed E-state index contributed by atoms with van der Waals surface area (Å²) in [5, 5.41) is 0. The topological polar surface area (TPSA) is 23.6 Å². The maximum absolute atomic E-state index is 11.4. The monoisotopic (exact) mass is 296 g/mol. The van der Waals surface area contributed by atoms with Crippen LogP contribution in [0.25, 0.3) is 0 Å². The number of alkyl halides is 1. The number of carbonyl (C=O) groups excluding carboxylic acids is 1. The molecule has 1 amide bonds. The van der Waals surface area contributed by atoms with Crippen LogP contribution in [-0.2, 0) is 4.79 Å². The van der Waals surface area contributed by atoms with Gasteiger partial charge in [0.1, 0.15) is 0 Å². The molecule has 0 radical (unpaired) electrons. The Bertz CT molecular complexity index is 186. The van der Waals surface area contributed by atoms with Gasteiger partial charge in [-0.1, -0.05) is 22.6 Å². The van der Waals surface area contributed by atoms with Crippen LogP contribution in [0.5, 0.6) is 0 Å². The summed E-state index contributed by atoms with van der Waals surface area (Å²) >= 11 is 2.38. The highest BCUT2D eigenvalue weighted by atomic mass is 127. The molecule has 0 saturated carbocycles. The summed E-state index contributed by atoms with van der Waals surface area (Å²) < 4.78 is 1.17. The molecule has 1 heterocycles. The summed E-state index contributed by atoms with van der Waals surface area (Å²) in [4.78, 5) is 15.5. The smallest absolute Gasteiger partial charge is 0.236 e. The van der Waals surface area contributed by atoms with Crippen molar-refractivity contribution in [3.05, 3.63) is 0 Å². The van der Waals surface area contributed by atoms with Crippen molar-refractivity contribution in [2.24, 2.45) is 0 Å². The van der Waals surface area contributed by atoms with E-state index in [1.165, 1.54) is 10.8 Å². The van der Waals surface area contributed by atoms with Crippen LogP contribution in [0.15, 0.2) is 0 Å². The van der Waals surface area contributed by atoms with Gasteiger partial charge in [-0.25, -0.2) is 0 Å². The minimum absolute atomic E-state index is 0.256. The van der Waals surface area contributed by atoms with Crippen molar-refractivity contribution in [1.29, 1.82) is 0 Å². The first-order chi connectivity index (χ1) is 6.15. The third kappa shape index (κ3) is 3.09. The average molecular weight is 296 g/mol. The fraction of sp³-hybridized carbons (Fsp3) is 0.889. The summed E-state index contributed by atoms with van der Waals surface area (Å²) in [6.45, 7) is 4.73. The van der Waals surface area contributed by atoms with Crippen LogP contribution in [0.1, 0.15) is 13.3 Å². The number of rotatable bonds is 3. The van der Waals surface area contributed by atoms with Crippen molar-refractivity contribution in [1.82, 2.24) is 9.80 Å². The van der Waals surface area contributed by atoms with E-state index in [1.54, 1.807) is 0 Å². The molecule has 0 spiro atoms. The Morgan fingerprint density at radius 2 is 2.31 bits per heavy atom. The van der Waals surface area contributed by atoms with Gasteiger partial charge in [0.25, 0.3) is 0 Å². The number of piperazine rings is 1. The fourth-order valence-corrected chi connectivity index (χ4v) is 1.97. The number of likely N-dealkylation sites (N-methyl/N-ethyl adjacent to an activating group) is 1. The molecule has 0 aromatic rings. The second kappa shape index (κ2) is 5.14. The lowest BCUT2D eigenvalue weighted by Crippen LogP contribution is -2.53. The second-order valence-electron chi connectivity index (χ2n) is 3.64. The van der Waals surface area contributed by atoms with Gasteiger partial charge in [-0.05, 0) is 19.9 Å². The van der Waals surface area contributed by atoms with Gasteiger partial charge < -0.3 is 4.90 Å². The lowest BCUT2D eigenvalue weighted by atomic mass is 10.2. The van der Waals surface area contributed by atoms with E-state index >= 15 is 0 Å². The molecular weight excluding hydrogens is 279 g/mol. The number of amides is 1. The third-order valence-corrected chi connectivity index (χ3v) is 3.27. The molecule has 0 aliphatic carbocycles. The third-order valence-electron chi connectivity index (χ3n) is 2.50. The first-order valence-electron chi connectivity index (χ1n) is 4.69. The molecule has 1 aliphatic heterocycles. The molecule has 1 saturated heterocycles. The predicted molar refractivity (Wildman–Crippen MR) is 62.2 cm³/mol. The number of nitrogens with zero attached hydrogens (tertiary/aromatic N) is 2. The first kappa shape index (κ1) is 11.2. The molecule has 0 aromatic heterocycles. The molecule has 13 heavy (non-hydrogen) atoms. The molecule has 76 valence electrons. The van der Waals surface area contributed by atoms with Crippen LogP contribution in [0.3, 0.4) is 0 Å². The summed E-state index contributed by atoms with van der Waals surface area (Å²) in [5.41, 5.74) is 0. The minimum Gasteiger partial charge on any atom is -0.343 e. The lowest BCUT2D eigenvalue weighted by Gasteiger charge is -2.37. The Labute approximate surface area is 93.6 Å². The van der Waals surface area contributed by atoms with Crippen molar-refractivity contribution < 1.29 is 4.79 Å². The highest BCUT2D eigenvalue weighted by Crippen LogP contribution is 2.09. The SMILES string of the molecule is CC1CN(C)C(=O)CN1CCCI.